The lowest BCUT2D eigenvalue weighted by atomic mass is 10.0. The zero-order valence-electron chi connectivity index (χ0n) is 9.86. The molecule has 0 N–H and O–H groups in total. The molecule has 1 aliphatic rings. The third-order valence-corrected chi connectivity index (χ3v) is 2.58. The molecule has 4 nitrogen and oxygen atoms in total. The summed E-state index contributed by atoms with van der Waals surface area (Å²) in [6, 6.07) is 0. The van der Waals surface area contributed by atoms with Crippen LogP contribution in [0.15, 0.2) is 0 Å². The monoisotopic (exact) mass is 216 g/mol. The van der Waals surface area contributed by atoms with E-state index in [9.17, 15) is 4.79 Å². The van der Waals surface area contributed by atoms with Gasteiger partial charge >= 0.3 is 5.97 Å². The smallest absolute Gasteiger partial charge is 0.334 e. The van der Waals surface area contributed by atoms with E-state index in [0.29, 0.717) is 0 Å². The highest BCUT2D eigenvalue weighted by molar-refractivity contribution is 5.73. The summed E-state index contributed by atoms with van der Waals surface area (Å²) >= 11 is 0. The Morgan fingerprint density at radius 3 is 2.33 bits per heavy atom. The topological polar surface area (TPSA) is 44.8 Å². The molecular formula is C11H20O4. The van der Waals surface area contributed by atoms with Crippen LogP contribution in [0.3, 0.4) is 0 Å². The summed E-state index contributed by atoms with van der Waals surface area (Å²) in [4.78, 5) is 11.2. The first kappa shape index (κ1) is 12.5. The summed E-state index contributed by atoms with van der Waals surface area (Å²) in [6.45, 7) is 5.76. The molecule has 1 heterocycles. The van der Waals surface area contributed by atoms with Crippen molar-refractivity contribution in [3.05, 3.63) is 0 Å². The quantitative estimate of drug-likeness (QED) is 0.671. The summed E-state index contributed by atoms with van der Waals surface area (Å²) in [5.41, 5.74) is 0. The Balaban J connectivity index is 2.40. The van der Waals surface area contributed by atoms with Gasteiger partial charge in [0.2, 0.25) is 0 Å². The van der Waals surface area contributed by atoms with Gasteiger partial charge < -0.3 is 14.2 Å². The Morgan fingerprint density at radius 2 is 1.87 bits per heavy atom. The number of esters is 1. The fraction of sp³-hybridized carbons (Fsp3) is 0.909. The molecule has 1 fully saturated rings. The van der Waals surface area contributed by atoms with E-state index in [1.807, 2.05) is 13.8 Å². The van der Waals surface area contributed by atoms with Crippen LogP contribution in [0.1, 0.15) is 33.6 Å². The molecule has 1 aliphatic heterocycles. The van der Waals surface area contributed by atoms with Gasteiger partial charge in [-0.1, -0.05) is 0 Å². The fourth-order valence-electron chi connectivity index (χ4n) is 1.97. The molecule has 0 bridgehead atoms. The lowest BCUT2D eigenvalue weighted by Crippen LogP contribution is -2.37. The average molecular weight is 216 g/mol. The molecule has 0 aromatic carbocycles. The number of rotatable bonds is 3. The van der Waals surface area contributed by atoms with E-state index in [1.54, 1.807) is 6.92 Å². The summed E-state index contributed by atoms with van der Waals surface area (Å²) < 4.78 is 15.8. The Bertz CT molecular complexity index is 207. The van der Waals surface area contributed by atoms with Gasteiger partial charge in [0, 0.05) is 0 Å². The molecule has 0 radical (unpaired) electrons. The van der Waals surface area contributed by atoms with Crippen LogP contribution in [-0.4, -0.2) is 37.5 Å². The lowest BCUT2D eigenvalue weighted by Gasteiger charge is -2.33. The second kappa shape index (κ2) is 5.47. The molecule has 0 saturated carbocycles. The van der Waals surface area contributed by atoms with Crippen molar-refractivity contribution in [2.75, 3.05) is 7.11 Å². The second-order valence-electron chi connectivity index (χ2n) is 4.15. The molecule has 0 aromatic heterocycles. The standard InChI is InChI=1S/C11H20O4/c1-7-5-10(6-8(2)14-7)15-9(3)11(12)13-4/h7-10H,5-6H2,1-4H3/t7?,8?,9-,10?/m1/s1. The summed E-state index contributed by atoms with van der Waals surface area (Å²) in [7, 11) is 1.37. The minimum Gasteiger partial charge on any atom is -0.467 e. The van der Waals surface area contributed by atoms with Crippen molar-refractivity contribution in [3.63, 3.8) is 0 Å². The number of ether oxygens (including phenoxy) is 3. The van der Waals surface area contributed by atoms with E-state index in [-0.39, 0.29) is 24.3 Å². The maximum Gasteiger partial charge on any atom is 0.334 e. The van der Waals surface area contributed by atoms with Crippen molar-refractivity contribution < 1.29 is 19.0 Å². The Morgan fingerprint density at radius 1 is 1.33 bits per heavy atom. The van der Waals surface area contributed by atoms with Crippen molar-refractivity contribution >= 4 is 5.97 Å². The van der Waals surface area contributed by atoms with Crippen LogP contribution in [0.25, 0.3) is 0 Å². The predicted molar refractivity (Wildman–Crippen MR) is 55.6 cm³/mol. The van der Waals surface area contributed by atoms with E-state index in [2.05, 4.69) is 4.74 Å². The molecule has 0 aliphatic carbocycles. The minimum absolute atomic E-state index is 0.0952. The number of hydrogen-bond acceptors (Lipinski definition) is 4. The van der Waals surface area contributed by atoms with Gasteiger partial charge in [0.1, 0.15) is 0 Å². The van der Waals surface area contributed by atoms with E-state index in [4.69, 9.17) is 9.47 Å². The highest BCUT2D eigenvalue weighted by Crippen LogP contribution is 2.22. The van der Waals surface area contributed by atoms with Crippen molar-refractivity contribution in [1.29, 1.82) is 0 Å². The van der Waals surface area contributed by atoms with Gasteiger partial charge in [0.05, 0.1) is 25.4 Å². The zero-order chi connectivity index (χ0) is 11.4. The molecule has 0 spiro atoms. The van der Waals surface area contributed by atoms with Crippen molar-refractivity contribution in [2.24, 2.45) is 0 Å². The van der Waals surface area contributed by atoms with Gasteiger partial charge in [-0.2, -0.15) is 0 Å². The van der Waals surface area contributed by atoms with Gasteiger partial charge in [-0.3, -0.25) is 0 Å². The van der Waals surface area contributed by atoms with Crippen LogP contribution in [0.5, 0.6) is 0 Å². The highest BCUT2D eigenvalue weighted by Gasteiger charge is 2.28. The normalized spacial score (nSPS) is 33.5. The maximum absolute atomic E-state index is 11.2. The number of carbonyl (C=O) groups is 1. The predicted octanol–water partition coefficient (Wildman–Crippen LogP) is 1.52. The molecule has 1 rings (SSSR count). The minimum atomic E-state index is -0.488. The lowest BCUT2D eigenvalue weighted by molar-refractivity contribution is -0.165. The molecular weight excluding hydrogens is 196 g/mol. The number of carbonyl (C=O) groups excluding carboxylic acids is 1. The Labute approximate surface area is 90.9 Å². The summed E-state index contributed by atoms with van der Waals surface area (Å²) in [5.74, 6) is -0.318. The zero-order valence-corrected chi connectivity index (χ0v) is 9.86. The van der Waals surface area contributed by atoms with E-state index >= 15 is 0 Å². The molecule has 1 saturated heterocycles. The first-order chi connectivity index (χ1) is 7.02. The van der Waals surface area contributed by atoms with E-state index in [1.165, 1.54) is 7.11 Å². The second-order valence-corrected chi connectivity index (χ2v) is 4.15. The summed E-state index contributed by atoms with van der Waals surface area (Å²) in [5, 5.41) is 0. The van der Waals surface area contributed by atoms with Crippen molar-refractivity contribution in [3.8, 4) is 0 Å². The first-order valence-corrected chi connectivity index (χ1v) is 5.41. The van der Waals surface area contributed by atoms with Crippen LogP contribution in [0, 0.1) is 0 Å². The molecule has 2 unspecified atom stereocenters. The average Bonchev–Trinajstić information content (AvgIpc) is 2.14. The Kier molecular flexibility index (Phi) is 4.54. The van der Waals surface area contributed by atoms with Crippen molar-refractivity contribution in [2.45, 2.75) is 58.0 Å². The SMILES string of the molecule is COC(=O)[C@@H](C)OC1CC(C)OC(C)C1. The van der Waals surface area contributed by atoms with Crippen LogP contribution in [0.2, 0.25) is 0 Å². The van der Waals surface area contributed by atoms with Gasteiger partial charge in [0.25, 0.3) is 0 Å². The maximum atomic E-state index is 11.2. The van der Waals surface area contributed by atoms with E-state index < -0.39 is 6.10 Å². The molecule has 0 aromatic rings. The van der Waals surface area contributed by atoms with E-state index in [0.717, 1.165) is 12.8 Å². The Hall–Kier alpha value is -0.610. The van der Waals surface area contributed by atoms with Crippen molar-refractivity contribution in [1.82, 2.24) is 0 Å². The third kappa shape index (κ3) is 3.80. The first-order valence-electron chi connectivity index (χ1n) is 5.41. The largest absolute Gasteiger partial charge is 0.467 e. The van der Waals surface area contributed by atoms with Gasteiger partial charge in [-0.15, -0.1) is 0 Å². The third-order valence-electron chi connectivity index (χ3n) is 2.58. The number of methoxy groups -OCH3 is 1. The summed E-state index contributed by atoms with van der Waals surface area (Å²) in [6.07, 6.45) is 1.68. The van der Waals surface area contributed by atoms with Gasteiger partial charge in [-0.05, 0) is 33.6 Å². The van der Waals surface area contributed by atoms with Gasteiger partial charge in [0.15, 0.2) is 6.10 Å². The highest BCUT2D eigenvalue weighted by atomic mass is 16.6. The fourth-order valence-corrected chi connectivity index (χ4v) is 1.97. The molecule has 4 heteroatoms. The van der Waals surface area contributed by atoms with Crippen LogP contribution < -0.4 is 0 Å². The van der Waals surface area contributed by atoms with Gasteiger partial charge in [-0.25, -0.2) is 4.79 Å². The molecule has 3 atom stereocenters. The molecule has 0 amide bonds. The molecule has 88 valence electrons. The van der Waals surface area contributed by atoms with Crippen LogP contribution in [0.4, 0.5) is 0 Å². The van der Waals surface area contributed by atoms with Crippen LogP contribution >= 0.6 is 0 Å². The molecule has 15 heavy (non-hydrogen) atoms. The van der Waals surface area contributed by atoms with Crippen LogP contribution in [-0.2, 0) is 19.0 Å². The number of hydrogen-bond donors (Lipinski definition) is 0.